The van der Waals surface area contributed by atoms with Crippen molar-refractivity contribution in [2.75, 3.05) is 26.7 Å². The zero-order valence-corrected chi connectivity index (χ0v) is 17.1. The Balaban J connectivity index is 0.00000243. The van der Waals surface area contributed by atoms with Gasteiger partial charge in [-0.25, -0.2) is 0 Å². The molecular formula is C21H33ClN2O2. The summed E-state index contributed by atoms with van der Waals surface area (Å²) in [6, 6.07) is 8.69. The van der Waals surface area contributed by atoms with Crippen LogP contribution in [0.4, 0.5) is 0 Å². The first-order chi connectivity index (χ1) is 12.0. The minimum Gasteiger partial charge on any atom is -0.493 e. The van der Waals surface area contributed by atoms with E-state index < -0.39 is 0 Å². The van der Waals surface area contributed by atoms with Gasteiger partial charge >= 0.3 is 0 Å². The summed E-state index contributed by atoms with van der Waals surface area (Å²) in [6.07, 6.45) is 5.34. The number of hydrogen-bond donors (Lipinski definition) is 1. The van der Waals surface area contributed by atoms with Gasteiger partial charge in [0.05, 0.1) is 12.0 Å². The number of ether oxygens (including phenoxy) is 1. The maximum absolute atomic E-state index is 13.3. The van der Waals surface area contributed by atoms with Gasteiger partial charge in [0.1, 0.15) is 5.75 Å². The third-order valence-electron chi connectivity index (χ3n) is 5.72. The number of carbonyl (C=O) groups excluding carboxylic acids is 1. The Labute approximate surface area is 164 Å². The molecule has 2 aliphatic rings. The zero-order valence-electron chi connectivity index (χ0n) is 16.3. The minimum atomic E-state index is -0.299. The molecule has 0 aromatic heterocycles. The Kier molecular flexibility index (Phi) is 7.36. The average molecular weight is 381 g/mol. The molecule has 1 atom stereocenters. The van der Waals surface area contributed by atoms with Crippen LogP contribution in [0.3, 0.4) is 0 Å². The van der Waals surface area contributed by atoms with E-state index in [-0.39, 0.29) is 17.8 Å². The van der Waals surface area contributed by atoms with Crippen LogP contribution >= 0.6 is 12.4 Å². The van der Waals surface area contributed by atoms with Crippen molar-refractivity contribution in [1.82, 2.24) is 10.2 Å². The molecule has 1 unspecified atom stereocenters. The smallest absolute Gasteiger partial charge is 0.233 e. The highest BCUT2D eigenvalue weighted by molar-refractivity contribution is 5.89. The molecule has 1 aromatic rings. The number of likely N-dealkylation sites (tertiary alicyclic amines) is 1. The maximum Gasteiger partial charge on any atom is 0.233 e. The van der Waals surface area contributed by atoms with Crippen molar-refractivity contribution < 1.29 is 9.53 Å². The normalized spacial score (nSPS) is 21.7. The van der Waals surface area contributed by atoms with Crippen molar-refractivity contribution in [1.29, 1.82) is 0 Å². The van der Waals surface area contributed by atoms with Gasteiger partial charge in [-0.1, -0.05) is 32.4 Å². The van der Waals surface area contributed by atoms with Crippen molar-refractivity contribution in [3.05, 3.63) is 29.8 Å². The SMILES string of the molecule is CNC1CCCN(C(=O)C2(c3ccc(OCC(C)C)cc3)CCC2)C1.Cl. The van der Waals surface area contributed by atoms with E-state index in [0.717, 1.165) is 63.1 Å². The first kappa shape index (κ1) is 21.0. The molecule has 1 aliphatic carbocycles. The molecule has 4 nitrogen and oxygen atoms in total. The lowest BCUT2D eigenvalue weighted by Gasteiger charge is -2.46. The van der Waals surface area contributed by atoms with Gasteiger partial charge < -0.3 is 15.0 Å². The molecular weight excluding hydrogens is 348 g/mol. The van der Waals surface area contributed by atoms with Crippen LogP contribution < -0.4 is 10.1 Å². The van der Waals surface area contributed by atoms with Crippen molar-refractivity contribution in [2.45, 2.75) is 57.4 Å². The number of amides is 1. The molecule has 26 heavy (non-hydrogen) atoms. The Morgan fingerprint density at radius 3 is 2.50 bits per heavy atom. The fourth-order valence-electron chi connectivity index (χ4n) is 3.99. The van der Waals surface area contributed by atoms with Crippen LogP contribution in [-0.4, -0.2) is 43.6 Å². The van der Waals surface area contributed by atoms with Crippen molar-refractivity contribution in [3.8, 4) is 5.75 Å². The van der Waals surface area contributed by atoms with Crippen LogP contribution in [0.5, 0.6) is 5.75 Å². The molecule has 1 saturated heterocycles. The summed E-state index contributed by atoms with van der Waals surface area (Å²) in [5.41, 5.74) is 0.860. The lowest BCUT2D eigenvalue weighted by atomic mass is 9.63. The van der Waals surface area contributed by atoms with Crippen LogP contribution in [0, 0.1) is 5.92 Å². The van der Waals surface area contributed by atoms with Gasteiger partial charge in [0, 0.05) is 19.1 Å². The molecule has 2 fully saturated rings. The number of carbonyl (C=O) groups is 1. The summed E-state index contributed by atoms with van der Waals surface area (Å²) in [5, 5.41) is 3.34. The fourth-order valence-corrected chi connectivity index (χ4v) is 3.99. The quantitative estimate of drug-likeness (QED) is 0.816. The lowest BCUT2D eigenvalue weighted by molar-refractivity contribution is -0.142. The molecule has 146 valence electrons. The van der Waals surface area contributed by atoms with E-state index in [0.29, 0.717) is 17.9 Å². The molecule has 1 aromatic carbocycles. The third-order valence-corrected chi connectivity index (χ3v) is 5.72. The van der Waals surface area contributed by atoms with E-state index in [1.807, 2.05) is 19.2 Å². The van der Waals surface area contributed by atoms with Crippen LogP contribution in [0.1, 0.15) is 51.5 Å². The van der Waals surface area contributed by atoms with Crippen LogP contribution in [-0.2, 0) is 10.2 Å². The second-order valence-corrected chi connectivity index (χ2v) is 8.04. The molecule has 1 heterocycles. The highest BCUT2D eigenvalue weighted by Gasteiger charge is 2.48. The second-order valence-electron chi connectivity index (χ2n) is 8.04. The van der Waals surface area contributed by atoms with E-state index in [4.69, 9.17) is 4.74 Å². The summed E-state index contributed by atoms with van der Waals surface area (Å²) < 4.78 is 5.79. The Morgan fingerprint density at radius 1 is 1.27 bits per heavy atom. The minimum absolute atomic E-state index is 0. The second kappa shape index (κ2) is 9.09. The molecule has 1 aliphatic heterocycles. The molecule has 0 radical (unpaired) electrons. The van der Waals surface area contributed by atoms with Crippen LogP contribution in [0.2, 0.25) is 0 Å². The van der Waals surface area contributed by atoms with E-state index in [1.54, 1.807) is 0 Å². The Morgan fingerprint density at radius 2 is 1.96 bits per heavy atom. The Bertz CT molecular complexity index is 584. The van der Waals surface area contributed by atoms with Gasteiger partial charge in [0.15, 0.2) is 0 Å². The molecule has 0 bridgehead atoms. The summed E-state index contributed by atoms with van der Waals surface area (Å²) in [7, 11) is 1.99. The van der Waals surface area contributed by atoms with Gasteiger partial charge in [-0.05, 0) is 56.3 Å². The summed E-state index contributed by atoms with van der Waals surface area (Å²) in [4.78, 5) is 15.4. The van der Waals surface area contributed by atoms with Gasteiger partial charge in [-0.15, -0.1) is 12.4 Å². The third kappa shape index (κ3) is 4.34. The number of nitrogens with one attached hydrogen (secondary N) is 1. The number of rotatable bonds is 6. The van der Waals surface area contributed by atoms with Gasteiger partial charge in [0.25, 0.3) is 0 Å². The predicted molar refractivity (Wildman–Crippen MR) is 108 cm³/mol. The predicted octanol–water partition coefficient (Wildman–Crippen LogP) is 3.78. The number of nitrogens with zero attached hydrogens (tertiary/aromatic N) is 1. The molecule has 5 heteroatoms. The van der Waals surface area contributed by atoms with E-state index in [9.17, 15) is 4.79 Å². The monoisotopic (exact) mass is 380 g/mol. The fraction of sp³-hybridized carbons (Fsp3) is 0.667. The van der Waals surface area contributed by atoms with Crippen LogP contribution in [0.25, 0.3) is 0 Å². The lowest BCUT2D eigenvalue weighted by Crippen LogP contribution is -2.55. The number of benzene rings is 1. The number of halogens is 1. The highest BCUT2D eigenvalue weighted by Crippen LogP contribution is 2.46. The Hall–Kier alpha value is -1.26. The topological polar surface area (TPSA) is 41.6 Å². The van der Waals surface area contributed by atoms with Gasteiger partial charge in [0.2, 0.25) is 5.91 Å². The number of piperidine rings is 1. The van der Waals surface area contributed by atoms with Crippen LogP contribution in [0.15, 0.2) is 24.3 Å². The summed E-state index contributed by atoms with van der Waals surface area (Å²) >= 11 is 0. The highest BCUT2D eigenvalue weighted by atomic mass is 35.5. The van der Waals surface area contributed by atoms with Crippen molar-refractivity contribution >= 4 is 18.3 Å². The van der Waals surface area contributed by atoms with Gasteiger partial charge in [-0.3, -0.25) is 4.79 Å². The standard InChI is InChI=1S/C21H32N2O2.ClH/c1-16(2)15-25-19-9-7-17(8-10-19)21(11-5-12-21)20(24)23-13-4-6-18(14-23)22-3;/h7-10,16,18,22H,4-6,11-15H2,1-3H3;1H. The molecule has 1 amide bonds. The first-order valence-electron chi connectivity index (χ1n) is 9.75. The molecule has 1 N–H and O–H groups in total. The number of hydrogen-bond acceptors (Lipinski definition) is 3. The largest absolute Gasteiger partial charge is 0.493 e. The van der Waals surface area contributed by atoms with E-state index in [1.165, 1.54) is 0 Å². The molecule has 3 rings (SSSR count). The maximum atomic E-state index is 13.3. The number of likely N-dealkylation sites (N-methyl/N-ethyl adjacent to an activating group) is 1. The molecule has 1 saturated carbocycles. The van der Waals surface area contributed by atoms with Gasteiger partial charge in [-0.2, -0.15) is 0 Å². The van der Waals surface area contributed by atoms with Crippen molar-refractivity contribution in [3.63, 3.8) is 0 Å². The van der Waals surface area contributed by atoms with E-state index in [2.05, 4.69) is 36.2 Å². The summed E-state index contributed by atoms with van der Waals surface area (Å²) in [6.45, 7) is 6.75. The average Bonchev–Trinajstić information content (AvgIpc) is 2.60. The zero-order chi connectivity index (χ0) is 17.9. The van der Waals surface area contributed by atoms with Crippen molar-refractivity contribution in [2.24, 2.45) is 5.92 Å². The van der Waals surface area contributed by atoms with E-state index >= 15 is 0 Å². The summed E-state index contributed by atoms with van der Waals surface area (Å²) in [5.74, 6) is 1.74. The molecule has 0 spiro atoms. The first-order valence-corrected chi connectivity index (χ1v) is 9.75.